The van der Waals surface area contributed by atoms with Gasteiger partial charge in [-0.2, -0.15) is 0 Å². The van der Waals surface area contributed by atoms with E-state index < -0.39 is 0 Å². The normalized spacial score (nSPS) is 10.3. The van der Waals surface area contributed by atoms with Crippen molar-refractivity contribution >= 4 is 5.97 Å². The van der Waals surface area contributed by atoms with Gasteiger partial charge in [0.1, 0.15) is 5.82 Å². The van der Waals surface area contributed by atoms with Gasteiger partial charge in [0, 0.05) is 18.8 Å². The molecular formula is C17H18FNO2. The maximum absolute atomic E-state index is 12.7. The highest BCUT2D eigenvalue weighted by molar-refractivity contribution is 5.69. The van der Waals surface area contributed by atoms with E-state index in [-0.39, 0.29) is 11.8 Å². The van der Waals surface area contributed by atoms with E-state index in [0.717, 1.165) is 24.0 Å². The molecule has 3 nitrogen and oxygen atoms in total. The minimum Gasteiger partial charge on any atom is -0.466 e. The van der Waals surface area contributed by atoms with Crippen molar-refractivity contribution in [3.8, 4) is 0 Å². The van der Waals surface area contributed by atoms with Crippen molar-refractivity contribution in [3.05, 3.63) is 65.7 Å². The zero-order chi connectivity index (χ0) is 14.9. The molecule has 21 heavy (non-hydrogen) atoms. The average Bonchev–Trinajstić information content (AvgIpc) is 2.52. The van der Waals surface area contributed by atoms with Crippen LogP contribution in [0.5, 0.6) is 0 Å². The highest BCUT2D eigenvalue weighted by atomic mass is 19.1. The molecule has 1 heterocycles. The van der Waals surface area contributed by atoms with Crippen LogP contribution in [0.3, 0.4) is 0 Å². The third-order valence-corrected chi connectivity index (χ3v) is 3.13. The summed E-state index contributed by atoms with van der Waals surface area (Å²) < 4.78 is 17.9. The van der Waals surface area contributed by atoms with E-state index in [1.807, 2.05) is 18.3 Å². The second kappa shape index (κ2) is 8.15. The minimum atomic E-state index is -0.267. The molecule has 0 aliphatic carbocycles. The van der Waals surface area contributed by atoms with Crippen molar-refractivity contribution in [2.45, 2.75) is 25.7 Å². The van der Waals surface area contributed by atoms with Crippen molar-refractivity contribution in [2.75, 3.05) is 6.61 Å². The van der Waals surface area contributed by atoms with Crippen molar-refractivity contribution in [2.24, 2.45) is 0 Å². The number of pyridine rings is 1. The maximum Gasteiger partial charge on any atom is 0.306 e. The number of carbonyl (C=O) groups excluding carboxylic acids is 1. The largest absolute Gasteiger partial charge is 0.466 e. The van der Waals surface area contributed by atoms with Gasteiger partial charge in [0.05, 0.1) is 6.61 Å². The van der Waals surface area contributed by atoms with Gasteiger partial charge in [0.2, 0.25) is 0 Å². The molecule has 1 aromatic carbocycles. The topological polar surface area (TPSA) is 39.2 Å². The molecular weight excluding hydrogens is 269 g/mol. The molecule has 1 aromatic heterocycles. The average molecular weight is 287 g/mol. The Morgan fingerprint density at radius 2 is 1.90 bits per heavy atom. The maximum atomic E-state index is 12.7. The van der Waals surface area contributed by atoms with Crippen LogP contribution in [-0.4, -0.2) is 17.6 Å². The highest BCUT2D eigenvalue weighted by Crippen LogP contribution is 2.06. The van der Waals surface area contributed by atoms with Gasteiger partial charge in [0.25, 0.3) is 0 Å². The molecule has 0 aliphatic rings. The number of benzene rings is 1. The first-order valence-corrected chi connectivity index (χ1v) is 7.03. The van der Waals surface area contributed by atoms with Crippen LogP contribution in [0, 0.1) is 5.82 Å². The minimum absolute atomic E-state index is 0.217. The first-order valence-electron chi connectivity index (χ1n) is 7.03. The Labute approximate surface area is 123 Å². The number of ether oxygens (including phenoxy) is 1. The number of carbonyl (C=O) groups is 1. The molecule has 0 spiro atoms. The fourth-order valence-corrected chi connectivity index (χ4v) is 1.98. The predicted molar refractivity (Wildman–Crippen MR) is 78.2 cm³/mol. The van der Waals surface area contributed by atoms with Gasteiger partial charge >= 0.3 is 5.97 Å². The van der Waals surface area contributed by atoms with E-state index in [1.165, 1.54) is 12.1 Å². The van der Waals surface area contributed by atoms with Gasteiger partial charge in [-0.25, -0.2) is 4.39 Å². The molecule has 0 atom stereocenters. The Bertz CT molecular complexity index is 555. The molecule has 2 aromatic rings. The van der Waals surface area contributed by atoms with Gasteiger partial charge in [-0.05, 0) is 48.6 Å². The van der Waals surface area contributed by atoms with Crippen LogP contribution in [0.15, 0.2) is 48.8 Å². The van der Waals surface area contributed by atoms with Crippen molar-refractivity contribution in [1.82, 2.24) is 4.98 Å². The summed E-state index contributed by atoms with van der Waals surface area (Å²) in [4.78, 5) is 15.6. The van der Waals surface area contributed by atoms with Crippen LogP contribution >= 0.6 is 0 Å². The molecule has 0 saturated carbocycles. The van der Waals surface area contributed by atoms with Crippen LogP contribution in [0.4, 0.5) is 4.39 Å². The number of hydrogen-bond donors (Lipinski definition) is 0. The van der Waals surface area contributed by atoms with Gasteiger partial charge < -0.3 is 4.74 Å². The molecule has 0 N–H and O–H groups in total. The molecule has 0 bridgehead atoms. The molecule has 4 heteroatoms. The summed E-state index contributed by atoms with van der Waals surface area (Å²) >= 11 is 0. The quantitative estimate of drug-likeness (QED) is 0.579. The highest BCUT2D eigenvalue weighted by Gasteiger charge is 2.04. The molecule has 0 amide bonds. The predicted octanol–water partition coefficient (Wildman–Crippen LogP) is 3.33. The van der Waals surface area contributed by atoms with E-state index in [9.17, 15) is 9.18 Å². The molecule has 0 aliphatic heterocycles. The number of hydrogen-bond acceptors (Lipinski definition) is 3. The lowest BCUT2D eigenvalue weighted by Crippen LogP contribution is -2.07. The Morgan fingerprint density at radius 1 is 1.10 bits per heavy atom. The molecule has 0 unspecified atom stereocenters. The van der Waals surface area contributed by atoms with Crippen LogP contribution in [0.2, 0.25) is 0 Å². The van der Waals surface area contributed by atoms with E-state index in [2.05, 4.69) is 4.98 Å². The zero-order valence-corrected chi connectivity index (χ0v) is 11.8. The summed E-state index contributed by atoms with van der Waals surface area (Å²) in [6.45, 7) is 0.414. The van der Waals surface area contributed by atoms with Crippen molar-refractivity contribution in [1.29, 1.82) is 0 Å². The Balaban J connectivity index is 1.60. The number of halogens is 1. The summed E-state index contributed by atoms with van der Waals surface area (Å²) in [5.74, 6) is -0.484. The van der Waals surface area contributed by atoms with Crippen LogP contribution in [0.1, 0.15) is 24.0 Å². The third kappa shape index (κ3) is 5.73. The first kappa shape index (κ1) is 15.2. The first-order chi connectivity index (χ1) is 10.2. The fourth-order valence-electron chi connectivity index (χ4n) is 1.98. The summed E-state index contributed by atoms with van der Waals surface area (Å²) in [5.41, 5.74) is 2.07. The number of esters is 1. The van der Waals surface area contributed by atoms with Gasteiger partial charge in [0.15, 0.2) is 0 Å². The Morgan fingerprint density at radius 3 is 2.62 bits per heavy atom. The second-order valence-corrected chi connectivity index (χ2v) is 4.81. The van der Waals surface area contributed by atoms with Gasteiger partial charge in [-0.1, -0.05) is 18.2 Å². The summed E-state index contributed by atoms with van der Waals surface area (Å²) in [5, 5.41) is 0. The second-order valence-electron chi connectivity index (χ2n) is 4.81. The lowest BCUT2D eigenvalue weighted by atomic mass is 10.1. The number of aromatic nitrogens is 1. The molecule has 0 fully saturated rings. The summed E-state index contributed by atoms with van der Waals surface area (Å²) in [6.07, 6.45) is 6.07. The van der Waals surface area contributed by atoms with Gasteiger partial charge in [-0.3, -0.25) is 9.78 Å². The zero-order valence-electron chi connectivity index (χ0n) is 11.8. The van der Waals surface area contributed by atoms with Gasteiger partial charge in [-0.15, -0.1) is 0 Å². The molecule has 2 rings (SSSR count). The Kier molecular flexibility index (Phi) is 5.88. The lowest BCUT2D eigenvalue weighted by molar-refractivity contribution is -0.143. The van der Waals surface area contributed by atoms with Crippen LogP contribution < -0.4 is 0 Å². The number of nitrogens with zero attached hydrogens (tertiary/aromatic N) is 1. The summed E-state index contributed by atoms with van der Waals surface area (Å²) in [7, 11) is 0. The van der Waals surface area contributed by atoms with E-state index in [4.69, 9.17) is 4.74 Å². The number of aryl methyl sites for hydroxylation is 2. The molecule has 0 saturated heterocycles. The van der Waals surface area contributed by atoms with E-state index >= 15 is 0 Å². The SMILES string of the molecule is O=C(CCc1ccc(F)cc1)OCCCc1cccnc1. The monoisotopic (exact) mass is 287 g/mol. The van der Waals surface area contributed by atoms with Crippen molar-refractivity contribution in [3.63, 3.8) is 0 Å². The van der Waals surface area contributed by atoms with Crippen LogP contribution in [0.25, 0.3) is 0 Å². The van der Waals surface area contributed by atoms with Crippen molar-refractivity contribution < 1.29 is 13.9 Å². The van der Waals surface area contributed by atoms with E-state index in [0.29, 0.717) is 19.4 Å². The third-order valence-electron chi connectivity index (χ3n) is 3.13. The Hall–Kier alpha value is -2.23. The van der Waals surface area contributed by atoms with E-state index in [1.54, 1.807) is 18.3 Å². The smallest absolute Gasteiger partial charge is 0.306 e. The standard InChI is InChI=1S/C17H18FNO2/c18-16-8-5-14(6-9-16)7-10-17(20)21-12-2-4-15-3-1-11-19-13-15/h1,3,5-6,8-9,11,13H,2,4,7,10,12H2. The van der Waals surface area contributed by atoms with Crippen LogP contribution in [-0.2, 0) is 22.4 Å². The molecule has 0 radical (unpaired) electrons. The lowest BCUT2D eigenvalue weighted by Gasteiger charge is -2.05. The molecule has 110 valence electrons. The summed E-state index contributed by atoms with van der Waals surface area (Å²) in [6, 6.07) is 10.1. The fraction of sp³-hybridized carbons (Fsp3) is 0.294. The number of rotatable bonds is 7.